The molecule has 0 unspecified atom stereocenters. The maximum absolute atomic E-state index is 6.30. The summed E-state index contributed by atoms with van der Waals surface area (Å²) in [6.07, 6.45) is 0.0181. The molecule has 0 radical (unpaired) electrons. The van der Waals surface area contributed by atoms with E-state index in [0.717, 1.165) is 30.7 Å². The van der Waals surface area contributed by atoms with Gasteiger partial charge in [-0.25, -0.2) is 0 Å². The van der Waals surface area contributed by atoms with E-state index in [2.05, 4.69) is 69.4 Å². The van der Waals surface area contributed by atoms with E-state index in [4.69, 9.17) is 4.74 Å². The van der Waals surface area contributed by atoms with Crippen molar-refractivity contribution in [3.05, 3.63) is 71.8 Å². The summed E-state index contributed by atoms with van der Waals surface area (Å²) < 4.78 is 7.35. The molecule has 0 aromatic heterocycles. The van der Waals surface area contributed by atoms with Gasteiger partial charge in [0.1, 0.15) is 12.6 Å². The zero-order chi connectivity index (χ0) is 15.8. The maximum atomic E-state index is 6.30. The molecule has 0 saturated carbocycles. The van der Waals surface area contributed by atoms with Crippen LogP contribution in [0.3, 0.4) is 0 Å². The van der Waals surface area contributed by atoms with Crippen LogP contribution in [0.5, 0.6) is 0 Å². The Morgan fingerprint density at radius 3 is 1.68 bits per heavy atom. The second-order valence-corrected chi connectivity index (χ2v) is 6.05. The Morgan fingerprint density at radius 2 is 1.27 bits per heavy atom. The molecule has 2 nitrogen and oxygen atoms in total. The maximum Gasteiger partial charge on any atom is 0.108 e. The van der Waals surface area contributed by atoms with Crippen molar-refractivity contribution >= 4 is 0 Å². The van der Waals surface area contributed by atoms with Gasteiger partial charge in [-0.3, -0.25) is 0 Å². The standard InChI is InChI=1S/C20H28NO/c1-4-21(3,5-2)16-17-22-20(18-12-8-6-9-13-18)19-14-10-7-11-15-19/h6-15,20H,4-5,16-17H2,1-3H3/q+1. The highest BCUT2D eigenvalue weighted by Gasteiger charge is 2.19. The van der Waals surface area contributed by atoms with Crippen LogP contribution in [0.25, 0.3) is 0 Å². The first-order chi connectivity index (χ1) is 10.7. The molecule has 22 heavy (non-hydrogen) atoms. The molecule has 0 amide bonds. The van der Waals surface area contributed by atoms with Crippen molar-refractivity contribution in [1.29, 1.82) is 0 Å². The highest BCUT2D eigenvalue weighted by molar-refractivity contribution is 5.29. The van der Waals surface area contributed by atoms with Gasteiger partial charge in [0.15, 0.2) is 0 Å². The summed E-state index contributed by atoms with van der Waals surface area (Å²) in [6.45, 7) is 8.59. The van der Waals surface area contributed by atoms with Crippen molar-refractivity contribution in [3.63, 3.8) is 0 Å². The zero-order valence-electron chi connectivity index (χ0n) is 14.0. The Bertz CT molecular complexity index is 495. The summed E-state index contributed by atoms with van der Waals surface area (Å²) in [4.78, 5) is 0. The van der Waals surface area contributed by atoms with Crippen LogP contribution in [-0.4, -0.2) is 37.8 Å². The Kier molecular flexibility index (Phi) is 6.17. The molecule has 0 aliphatic carbocycles. The molecule has 0 aliphatic heterocycles. The van der Waals surface area contributed by atoms with Gasteiger partial charge in [-0.2, -0.15) is 0 Å². The number of ether oxygens (including phenoxy) is 1. The van der Waals surface area contributed by atoms with E-state index in [0.29, 0.717) is 0 Å². The molecule has 0 heterocycles. The monoisotopic (exact) mass is 298 g/mol. The van der Waals surface area contributed by atoms with Crippen LogP contribution in [-0.2, 0) is 4.74 Å². The van der Waals surface area contributed by atoms with Gasteiger partial charge in [0.05, 0.1) is 26.7 Å². The lowest BCUT2D eigenvalue weighted by atomic mass is 10.0. The van der Waals surface area contributed by atoms with Gasteiger partial charge in [-0.1, -0.05) is 60.7 Å². The number of hydrogen-bond acceptors (Lipinski definition) is 1. The van der Waals surface area contributed by atoms with Gasteiger partial charge in [0.25, 0.3) is 0 Å². The van der Waals surface area contributed by atoms with Gasteiger partial charge in [-0.05, 0) is 25.0 Å². The summed E-state index contributed by atoms with van der Waals surface area (Å²) in [5.41, 5.74) is 2.44. The summed E-state index contributed by atoms with van der Waals surface area (Å²) in [6, 6.07) is 21.0. The third-order valence-corrected chi connectivity index (χ3v) is 4.65. The summed E-state index contributed by atoms with van der Waals surface area (Å²) in [5.74, 6) is 0. The van der Waals surface area contributed by atoms with Crippen LogP contribution in [0.4, 0.5) is 0 Å². The Balaban J connectivity index is 2.10. The lowest BCUT2D eigenvalue weighted by Crippen LogP contribution is -2.46. The Hall–Kier alpha value is -1.64. The molecular weight excluding hydrogens is 270 g/mol. The zero-order valence-corrected chi connectivity index (χ0v) is 14.0. The fourth-order valence-electron chi connectivity index (χ4n) is 2.57. The summed E-state index contributed by atoms with van der Waals surface area (Å²) in [7, 11) is 2.30. The topological polar surface area (TPSA) is 9.23 Å². The van der Waals surface area contributed by atoms with E-state index >= 15 is 0 Å². The molecule has 0 fully saturated rings. The van der Waals surface area contributed by atoms with E-state index < -0.39 is 0 Å². The number of likely N-dealkylation sites (N-methyl/N-ethyl adjacent to an activating group) is 1. The molecule has 2 aromatic rings. The fraction of sp³-hybridized carbons (Fsp3) is 0.400. The quantitative estimate of drug-likeness (QED) is 0.661. The highest BCUT2D eigenvalue weighted by Crippen LogP contribution is 2.25. The molecule has 0 aliphatic rings. The van der Waals surface area contributed by atoms with Crippen LogP contribution < -0.4 is 0 Å². The van der Waals surface area contributed by atoms with Crippen LogP contribution in [0.1, 0.15) is 31.1 Å². The van der Waals surface area contributed by atoms with Crippen LogP contribution in [0.2, 0.25) is 0 Å². The minimum Gasteiger partial charge on any atom is -0.363 e. The van der Waals surface area contributed by atoms with Gasteiger partial charge in [0, 0.05) is 0 Å². The van der Waals surface area contributed by atoms with Crippen molar-refractivity contribution < 1.29 is 9.22 Å². The van der Waals surface area contributed by atoms with E-state index in [9.17, 15) is 0 Å². The number of benzene rings is 2. The number of nitrogens with zero attached hydrogens (tertiary/aromatic N) is 1. The van der Waals surface area contributed by atoms with E-state index in [-0.39, 0.29) is 6.10 Å². The fourth-order valence-corrected chi connectivity index (χ4v) is 2.57. The van der Waals surface area contributed by atoms with Crippen molar-refractivity contribution in [3.8, 4) is 0 Å². The molecule has 0 atom stereocenters. The average molecular weight is 298 g/mol. The molecule has 0 bridgehead atoms. The third kappa shape index (κ3) is 4.43. The largest absolute Gasteiger partial charge is 0.363 e. The van der Waals surface area contributed by atoms with Gasteiger partial charge < -0.3 is 9.22 Å². The second-order valence-electron chi connectivity index (χ2n) is 6.05. The number of hydrogen-bond donors (Lipinski definition) is 0. The molecule has 0 saturated heterocycles. The molecule has 0 spiro atoms. The summed E-state index contributed by atoms with van der Waals surface area (Å²) >= 11 is 0. The van der Waals surface area contributed by atoms with E-state index in [1.807, 2.05) is 12.1 Å². The summed E-state index contributed by atoms with van der Waals surface area (Å²) in [5, 5.41) is 0. The molecule has 118 valence electrons. The third-order valence-electron chi connectivity index (χ3n) is 4.65. The van der Waals surface area contributed by atoms with Crippen molar-refractivity contribution in [1.82, 2.24) is 0 Å². The smallest absolute Gasteiger partial charge is 0.108 e. The van der Waals surface area contributed by atoms with Crippen molar-refractivity contribution in [2.24, 2.45) is 0 Å². The Labute approximate surface area is 134 Å². The van der Waals surface area contributed by atoms with Crippen LogP contribution >= 0.6 is 0 Å². The minimum atomic E-state index is 0.0181. The van der Waals surface area contributed by atoms with Crippen molar-refractivity contribution in [2.75, 3.05) is 33.3 Å². The molecule has 0 N–H and O–H groups in total. The van der Waals surface area contributed by atoms with Crippen LogP contribution in [0, 0.1) is 0 Å². The highest BCUT2D eigenvalue weighted by atomic mass is 16.5. The van der Waals surface area contributed by atoms with Gasteiger partial charge in [-0.15, -0.1) is 0 Å². The van der Waals surface area contributed by atoms with E-state index in [1.165, 1.54) is 11.1 Å². The van der Waals surface area contributed by atoms with Gasteiger partial charge in [0.2, 0.25) is 0 Å². The van der Waals surface area contributed by atoms with Crippen LogP contribution in [0.15, 0.2) is 60.7 Å². The predicted molar refractivity (Wildman–Crippen MR) is 92.8 cm³/mol. The van der Waals surface area contributed by atoms with Crippen molar-refractivity contribution in [2.45, 2.75) is 20.0 Å². The minimum absolute atomic E-state index is 0.0181. The lowest BCUT2D eigenvalue weighted by Gasteiger charge is -2.32. The molecular formula is C20H28NO+. The number of rotatable bonds is 8. The first-order valence-electron chi connectivity index (χ1n) is 8.23. The normalized spacial score (nSPS) is 11.8. The molecule has 2 rings (SSSR count). The first-order valence-corrected chi connectivity index (χ1v) is 8.23. The Morgan fingerprint density at radius 1 is 0.818 bits per heavy atom. The molecule has 2 heteroatoms. The average Bonchev–Trinajstić information content (AvgIpc) is 2.60. The predicted octanol–water partition coefficient (Wildman–Crippen LogP) is 4.28. The van der Waals surface area contributed by atoms with E-state index in [1.54, 1.807) is 0 Å². The first kappa shape index (κ1) is 16.7. The second kappa shape index (κ2) is 8.11. The van der Waals surface area contributed by atoms with Gasteiger partial charge >= 0.3 is 0 Å². The SMILES string of the molecule is CC[N+](C)(CC)CCOC(c1ccccc1)c1ccccc1. The lowest BCUT2D eigenvalue weighted by molar-refractivity contribution is -0.906. The molecule has 2 aromatic carbocycles. The number of quaternary nitrogens is 1.